The average Bonchev–Trinajstić information content (AvgIpc) is 3.10. The number of benzene rings is 2. The standard InChI is InChI=1S/C20H20N2O2S/c1-14-3-5-15(6-4-14)12-21-19(23)11-17-13-25-20(22-17)16-7-9-18(24-2)10-8-16/h3-10,13H,11-12H2,1-2H3,(H,21,23). The van der Waals surface area contributed by atoms with Crippen LogP contribution in [0.4, 0.5) is 0 Å². The van der Waals surface area contributed by atoms with Crippen LogP contribution >= 0.6 is 11.3 Å². The summed E-state index contributed by atoms with van der Waals surface area (Å²) in [4.78, 5) is 16.7. The third-order valence-corrected chi connectivity index (χ3v) is 4.78. The number of ether oxygens (including phenoxy) is 1. The molecule has 25 heavy (non-hydrogen) atoms. The molecular weight excluding hydrogens is 332 g/mol. The van der Waals surface area contributed by atoms with Gasteiger partial charge in [0.05, 0.1) is 19.2 Å². The van der Waals surface area contributed by atoms with Crippen molar-refractivity contribution in [2.75, 3.05) is 7.11 Å². The van der Waals surface area contributed by atoms with E-state index in [1.807, 2.05) is 60.8 Å². The first-order valence-electron chi connectivity index (χ1n) is 8.05. The Morgan fingerprint density at radius 1 is 1.12 bits per heavy atom. The second-order valence-corrected chi connectivity index (χ2v) is 6.67. The Bertz CT molecular complexity index is 839. The predicted octanol–water partition coefficient (Wildman–Crippen LogP) is 3.99. The Morgan fingerprint density at radius 2 is 1.84 bits per heavy atom. The maximum Gasteiger partial charge on any atom is 0.226 e. The molecule has 0 fully saturated rings. The SMILES string of the molecule is COc1ccc(-c2nc(CC(=O)NCc3ccc(C)cc3)cs2)cc1. The van der Waals surface area contributed by atoms with E-state index in [0.717, 1.165) is 27.6 Å². The number of thiazole rings is 1. The summed E-state index contributed by atoms with van der Waals surface area (Å²) in [6.45, 7) is 2.58. The number of carbonyl (C=O) groups excluding carboxylic acids is 1. The van der Waals surface area contributed by atoms with Crippen LogP contribution in [0.5, 0.6) is 5.75 Å². The van der Waals surface area contributed by atoms with E-state index < -0.39 is 0 Å². The number of nitrogens with one attached hydrogen (secondary N) is 1. The van der Waals surface area contributed by atoms with Gasteiger partial charge < -0.3 is 10.1 Å². The molecule has 1 N–H and O–H groups in total. The van der Waals surface area contributed by atoms with Crippen molar-refractivity contribution in [2.24, 2.45) is 0 Å². The molecule has 1 amide bonds. The third kappa shape index (κ3) is 4.67. The van der Waals surface area contributed by atoms with E-state index in [1.54, 1.807) is 18.4 Å². The number of carbonyl (C=O) groups is 1. The van der Waals surface area contributed by atoms with Crippen molar-refractivity contribution in [3.05, 3.63) is 70.7 Å². The Hall–Kier alpha value is -2.66. The van der Waals surface area contributed by atoms with Gasteiger partial charge in [0.15, 0.2) is 0 Å². The maximum atomic E-state index is 12.1. The molecule has 1 aromatic heterocycles. The summed E-state index contributed by atoms with van der Waals surface area (Å²) in [5.41, 5.74) is 4.12. The molecule has 0 atom stereocenters. The molecule has 4 nitrogen and oxygen atoms in total. The molecule has 3 aromatic rings. The number of aromatic nitrogens is 1. The molecule has 0 radical (unpaired) electrons. The predicted molar refractivity (Wildman–Crippen MR) is 101 cm³/mol. The lowest BCUT2D eigenvalue weighted by Gasteiger charge is -2.04. The second-order valence-electron chi connectivity index (χ2n) is 5.81. The largest absolute Gasteiger partial charge is 0.497 e. The van der Waals surface area contributed by atoms with Crippen molar-refractivity contribution >= 4 is 17.2 Å². The van der Waals surface area contributed by atoms with E-state index in [-0.39, 0.29) is 5.91 Å². The zero-order valence-electron chi connectivity index (χ0n) is 14.3. The summed E-state index contributed by atoms with van der Waals surface area (Å²) >= 11 is 1.54. The van der Waals surface area contributed by atoms with Gasteiger partial charge in [0.25, 0.3) is 0 Å². The van der Waals surface area contributed by atoms with Gasteiger partial charge in [-0.15, -0.1) is 11.3 Å². The Balaban J connectivity index is 1.56. The minimum atomic E-state index is -0.0212. The lowest BCUT2D eigenvalue weighted by molar-refractivity contribution is -0.120. The van der Waals surface area contributed by atoms with Crippen molar-refractivity contribution in [3.63, 3.8) is 0 Å². The van der Waals surface area contributed by atoms with E-state index in [9.17, 15) is 4.79 Å². The van der Waals surface area contributed by atoms with Crippen molar-refractivity contribution in [2.45, 2.75) is 19.9 Å². The summed E-state index contributed by atoms with van der Waals surface area (Å²) < 4.78 is 5.16. The molecule has 2 aromatic carbocycles. The van der Waals surface area contributed by atoms with E-state index in [0.29, 0.717) is 13.0 Å². The second kappa shape index (κ2) is 7.94. The molecule has 0 aliphatic rings. The molecule has 0 saturated heterocycles. The highest BCUT2D eigenvalue weighted by atomic mass is 32.1. The van der Waals surface area contributed by atoms with E-state index >= 15 is 0 Å². The number of rotatable bonds is 6. The quantitative estimate of drug-likeness (QED) is 0.730. The topological polar surface area (TPSA) is 51.2 Å². The fourth-order valence-electron chi connectivity index (χ4n) is 2.39. The molecule has 3 rings (SSSR count). The monoisotopic (exact) mass is 352 g/mol. The summed E-state index contributed by atoms with van der Waals surface area (Å²) in [6.07, 6.45) is 0.290. The molecule has 0 aliphatic carbocycles. The van der Waals surface area contributed by atoms with Gasteiger partial charge in [-0.1, -0.05) is 29.8 Å². The number of nitrogens with zero attached hydrogens (tertiary/aromatic N) is 1. The van der Waals surface area contributed by atoms with Crippen molar-refractivity contribution < 1.29 is 9.53 Å². The number of aryl methyl sites for hydroxylation is 1. The summed E-state index contributed by atoms with van der Waals surface area (Å²) in [7, 11) is 1.64. The Morgan fingerprint density at radius 3 is 2.52 bits per heavy atom. The highest BCUT2D eigenvalue weighted by molar-refractivity contribution is 7.13. The number of hydrogen-bond donors (Lipinski definition) is 1. The first-order valence-corrected chi connectivity index (χ1v) is 8.93. The molecule has 0 aliphatic heterocycles. The van der Waals surface area contributed by atoms with Gasteiger partial charge in [-0.3, -0.25) is 4.79 Å². The van der Waals surface area contributed by atoms with Gasteiger partial charge in [0, 0.05) is 17.5 Å². The van der Waals surface area contributed by atoms with Crippen LogP contribution in [0.25, 0.3) is 10.6 Å². The lowest BCUT2D eigenvalue weighted by Crippen LogP contribution is -2.24. The highest BCUT2D eigenvalue weighted by Crippen LogP contribution is 2.25. The van der Waals surface area contributed by atoms with E-state index in [4.69, 9.17) is 4.74 Å². The van der Waals surface area contributed by atoms with Gasteiger partial charge in [-0.2, -0.15) is 0 Å². The molecule has 0 bridgehead atoms. The zero-order valence-corrected chi connectivity index (χ0v) is 15.1. The molecule has 5 heteroatoms. The van der Waals surface area contributed by atoms with Gasteiger partial charge >= 0.3 is 0 Å². The van der Waals surface area contributed by atoms with Crippen LogP contribution in [-0.4, -0.2) is 18.0 Å². The minimum absolute atomic E-state index is 0.0212. The summed E-state index contributed by atoms with van der Waals surface area (Å²) in [5, 5.41) is 5.78. The maximum absolute atomic E-state index is 12.1. The Kier molecular flexibility index (Phi) is 5.46. The fourth-order valence-corrected chi connectivity index (χ4v) is 3.21. The molecule has 1 heterocycles. The smallest absolute Gasteiger partial charge is 0.226 e. The molecule has 0 spiro atoms. The normalized spacial score (nSPS) is 10.5. The third-order valence-electron chi connectivity index (χ3n) is 3.84. The molecule has 0 unspecified atom stereocenters. The first kappa shape index (κ1) is 17.2. The number of hydrogen-bond acceptors (Lipinski definition) is 4. The highest BCUT2D eigenvalue weighted by Gasteiger charge is 2.09. The van der Waals surface area contributed by atoms with Crippen LogP contribution < -0.4 is 10.1 Å². The lowest BCUT2D eigenvalue weighted by atomic mass is 10.1. The van der Waals surface area contributed by atoms with Crippen LogP contribution in [-0.2, 0) is 17.8 Å². The van der Waals surface area contributed by atoms with Crippen LogP contribution in [0.3, 0.4) is 0 Å². The average molecular weight is 352 g/mol. The Labute approximate surface area is 151 Å². The molecular formula is C20H20N2O2S. The summed E-state index contributed by atoms with van der Waals surface area (Å²) in [5.74, 6) is 0.795. The first-order chi connectivity index (χ1) is 12.1. The van der Waals surface area contributed by atoms with Gasteiger partial charge in [-0.05, 0) is 36.8 Å². The van der Waals surface area contributed by atoms with E-state index in [2.05, 4.69) is 10.3 Å². The number of amides is 1. The fraction of sp³-hybridized carbons (Fsp3) is 0.200. The van der Waals surface area contributed by atoms with Gasteiger partial charge in [0.2, 0.25) is 5.91 Å². The van der Waals surface area contributed by atoms with Crippen LogP contribution in [0.2, 0.25) is 0 Å². The van der Waals surface area contributed by atoms with Crippen LogP contribution in [0.1, 0.15) is 16.8 Å². The van der Waals surface area contributed by atoms with Gasteiger partial charge in [-0.25, -0.2) is 4.98 Å². The minimum Gasteiger partial charge on any atom is -0.497 e. The summed E-state index contributed by atoms with van der Waals surface area (Å²) in [6, 6.07) is 15.9. The van der Waals surface area contributed by atoms with Crippen molar-refractivity contribution in [1.29, 1.82) is 0 Å². The van der Waals surface area contributed by atoms with Crippen molar-refractivity contribution in [3.8, 4) is 16.3 Å². The zero-order chi connectivity index (χ0) is 17.6. The van der Waals surface area contributed by atoms with Crippen molar-refractivity contribution in [1.82, 2.24) is 10.3 Å². The number of methoxy groups -OCH3 is 1. The van der Waals surface area contributed by atoms with Crippen LogP contribution in [0, 0.1) is 6.92 Å². The molecule has 128 valence electrons. The molecule has 0 saturated carbocycles. The van der Waals surface area contributed by atoms with Gasteiger partial charge in [0.1, 0.15) is 10.8 Å². The van der Waals surface area contributed by atoms with E-state index in [1.165, 1.54) is 5.56 Å². The van der Waals surface area contributed by atoms with Crippen LogP contribution in [0.15, 0.2) is 53.9 Å².